The number of aromatic amines is 1. The third kappa shape index (κ3) is 1.31. The van der Waals surface area contributed by atoms with Gasteiger partial charge in [-0.25, -0.2) is 15.0 Å². The Bertz CT molecular complexity index is 450. The minimum absolute atomic E-state index is 0.112. The van der Waals surface area contributed by atoms with Crippen molar-refractivity contribution in [3.8, 4) is 0 Å². The molecular weight excluding hydrogens is 190 g/mol. The summed E-state index contributed by atoms with van der Waals surface area (Å²) in [5, 5.41) is 3.36. The summed E-state index contributed by atoms with van der Waals surface area (Å²) in [5.41, 5.74) is 1.79. The van der Waals surface area contributed by atoms with Gasteiger partial charge in [-0.05, 0) is 13.0 Å². The first kappa shape index (κ1) is 8.79. The van der Waals surface area contributed by atoms with E-state index in [-0.39, 0.29) is 5.41 Å². The van der Waals surface area contributed by atoms with Crippen molar-refractivity contribution in [2.75, 3.05) is 13.1 Å². The van der Waals surface area contributed by atoms with Crippen LogP contribution in [0, 0.1) is 0 Å². The van der Waals surface area contributed by atoms with Gasteiger partial charge in [0.25, 0.3) is 0 Å². The summed E-state index contributed by atoms with van der Waals surface area (Å²) in [5.74, 6) is 1.02. The van der Waals surface area contributed by atoms with Gasteiger partial charge in [0.15, 0.2) is 5.65 Å². The third-order valence-electron chi connectivity index (χ3n) is 3.10. The quantitative estimate of drug-likeness (QED) is 0.712. The van der Waals surface area contributed by atoms with E-state index in [9.17, 15) is 0 Å². The molecular formula is C10H13N5. The van der Waals surface area contributed by atoms with Gasteiger partial charge in [-0.15, -0.1) is 0 Å². The maximum Gasteiger partial charge on any atom is 0.180 e. The Morgan fingerprint density at radius 2 is 2.40 bits per heavy atom. The molecule has 2 aromatic heterocycles. The maximum atomic E-state index is 4.52. The molecule has 3 rings (SSSR count). The minimum Gasteiger partial charge on any atom is -0.339 e. The first-order chi connectivity index (χ1) is 7.28. The molecule has 0 amide bonds. The predicted octanol–water partition coefficient (Wildman–Crippen LogP) is 0.604. The second-order valence-corrected chi connectivity index (χ2v) is 4.33. The Morgan fingerprint density at radius 1 is 1.47 bits per heavy atom. The number of aromatic nitrogens is 4. The highest BCUT2D eigenvalue weighted by Crippen LogP contribution is 2.28. The molecule has 0 aliphatic carbocycles. The molecule has 1 unspecified atom stereocenters. The molecule has 1 atom stereocenters. The van der Waals surface area contributed by atoms with Crippen LogP contribution in [0.15, 0.2) is 12.5 Å². The molecule has 2 aromatic rings. The lowest BCUT2D eigenvalue weighted by molar-refractivity contribution is 0.496. The summed E-state index contributed by atoms with van der Waals surface area (Å²) in [6, 6.07) is 0. The fourth-order valence-electron chi connectivity index (χ4n) is 2.07. The standard InChI is InChI=1S/C10H13N5/c1-10(2-3-11-5-10)9-14-7-4-12-6-13-8(7)15-9/h4,6,11H,2-3,5H2,1H3,(H,12,13,14,15). The second kappa shape index (κ2) is 3.00. The fraction of sp³-hybridized carbons (Fsp3) is 0.500. The number of fused-ring (bicyclic) bond motifs is 1. The summed E-state index contributed by atoms with van der Waals surface area (Å²) in [6.07, 6.45) is 4.41. The highest BCUT2D eigenvalue weighted by Gasteiger charge is 2.33. The summed E-state index contributed by atoms with van der Waals surface area (Å²) >= 11 is 0. The van der Waals surface area contributed by atoms with Crippen molar-refractivity contribution in [2.45, 2.75) is 18.8 Å². The SMILES string of the molecule is CC1(c2nc3ncncc3[nH]2)CCNC1. The van der Waals surface area contributed by atoms with Crippen LogP contribution < -0.4 is 5.32 Å². The molecule has 15 heavy (non-hydrogen) atoms. The summed E-state index contributed by atoms with van der Waals surface area (Å²) in [4.78, 5) is 15.9. The molecule has 1 saturated heterocycles. The lowest BCUT2D eigenvalue weighted by Crippen LogP contribution is -2.26. The van der Waals surface area contributed by atoms with Crippen LogP contribution in [0.25, 0.3) is 11.2 Å². The molecule has 78 valence electrons. The van der Waals surface area contributed by atoms with E-state index < -0.39 is 0 Å². The predicted molar refractivity (Wildman–Crippen MR) is 56.5 cm³/mol. The van der Waals surface area contributed by atoms with Crippen molar-refractivity contribution in [3.05, 3.63) is 18.3 Å². The monoisotopic (exact) mass is 203 g/mol. The molecule has 5 heteroatoms. The van der Waals surface area contributed by atoms with Crippen LogP contribution in [-0.2, 0) is 5.41 Å². The number of H-pyrrole nitrogens is 1. The summed E-state index contributed by atoms with van der Waals surface area (Å²) in [7, 11) is 0. The van der Waals surface area contributed by atoms with Gasteiger partial charge in [-0.3, -0.25) is 0 Å². The Hall–Kier alpha value is -1.49. The Morgan fingerprint density at radius 3 is 3.13 bits per heavy atom. The molecule has 5 nitrogen and oxygen atoms in total. The lowest BCUT2D eigenvalue weighted by Gasteiger charge is -2.18. The molecule has 0 aromatic carbocycles. The van der Waals surface area contributed by atoms with E-state index in [1.54, 1.807) is 6.20 Å². The van der Waals surface area contributed by atoms with E-state index in [1.165, 1.54) is 6.33 Å². The van der Waals surface area contributed by atoms with Crippen LogP contribution in [0.4, 0.5) is 0 Å². The highest BCUT2D eigenvalue weighted by molar-refractivity contribution is 5.69. The van der Waals surface area contributed by atoms with Crippen LogP contribution in [0.2, 0.25) is 0 Å². The molecule has 0 saturated carbocycles. The smallest absolute Gasteiger partial charge is 0.180 e. The van der Waals surface area contributed by atoms with Crippen molar-refractivity contribution in [1.29, 1.82) is 0 Å². The zero-order chi connectivity index (χ0) is 10.3. The normalized spacial score (nSPS) is 26.2. The van der Waals surface area contributed by atoms with Gasteiger partial charge < -0.3 is 10.3 Å². The molecule has 0 bridgehead atoms. The van der Waals surface area contributed by atoms with Gasteiger partial charge in [-0.1, -0.05) is 6.92 Å². The van der Waals surface area contributed by atoms with E-state index in [1.807, 2.05) is 0 Å². The van der Waals surface area contributed by atoms with Gasteiger partial charge in [0.1, 0.15) is 17.7 Å². The Balaban J connectivity index is 2.11. The molecule has 1 aliphatic heterocycles. The zero-order valence-electron chi connectivity index (χ0n) is 8.62. The molecule has 3 heterocycles. The summed E-state index contributed by atoms with van der Waals surface area (Å²) < 4.78 is 0. The van der Waals surface area contributed by atoms with Gasteiger partial charge in [0.2, 0.25) is 0 Å². The lowest BCUT2D eigenvalue weighted by atomic mass is 9.89. The average Bonchev–Trinajstić information content (AvgIpc) is 2.84. The maximum absolute atomic E-state index is 4.52. The second-order valence-electron chi connectivity index (χ2n) is 4.33. The zero-order valence-corrected chi connectivity index (χ0v) is 8.62. The topological polar surface area (TPSA) is 66.5 Å². The molecule has 2 N–H and O–H groups in total. The Kier molecular flexibility index (Phi) is 1.76. The minimum atomic E-state index is 0.112. The van der Waals surface area contributed by atoms with E-state index in [0.29, 0.717) is 0 Å². The fourth-order valence-corrected chi connectivity index (χ4v) is 2.07. The van der Waals surface area contributed by atoms with Crippen molar-refractivity contribution >= 4 is 11.2 Å². The number of hydrogen-bond acceptors (Lipinski definition) is 4. The number of hydrogen-bond donors (Lipinski definition) is 2. The Labute approximate surface area is 87.3 Å². The van der Waals surface area contributed by atoms with E-state index in [4.69, 9.17) is 0 Å². The van der Waals surface area contributed by atoms with Gasteiger partial charge >= 0.3 is 0 Å². The molecule has 1 fully saturated rings. The van der Waals surface area contributed by atoms with Crippen LogP contribution in [0.5, 0.6) is 0 Å². The largest absolute Gasteiger partial charge is 0.339 e. The van der Waals surface area contributed by atoms with Crippen LogP contribution in [-0.4, -0.2) is 33.0 Å². The van der Waals surface area contributed by atoms with Gasteiger partial charge in [0, 0.05) is 12.0 Å². The molecule has 0 spiro atoms. The van der Waals surface area contributed by atoms with Crippen molar-refractivity contribution in [1.82, 2.24) is 25.3 Å². The first-order valence-electron chi connectivity index (χ1n) is 5.15. The van der Waals surface area contributed by atoms with Gasteiger partial charge in [0.05, 0.1) is 6.20 Å². The first-order valence-corrected chi connectivity index (χ1v) is 5.15. The van der Waals surface area contributed by atoms with Gasteiger partial charge in [-0.2, -0.15) is 0 Å². The summed E-state index contributed by atoms with van der Waals surface area (Å²) in [6.45, 7) is 4.25. The molecule has 1 aliphatic rings. The van der Waals surface area contributed by atoms with Crippen LogP contribution in [0.1, 0.15) is 19.2 Å². The van der Waals surface area contributed by atoms with E-state index in [2.05, 4.69) is 32.2 Å². The van der Waals surface area contributed by atoms with E-state index >= 15 is 0 Å². The van der Waals surface area contributed by atoms with E-state index in [0.717, 1.165) is 36.5 Å². The van der Waals surface area contributed by atoms with Crippen LogP contribution in [0.3, 0.4) is 0 Å². The number of rotatable bonds is 1. The van der Waals surface area contributed by atoms with Crippen molar-refractivity contribution in [3.63, 3.8) is 0 Å². The highest BCUT2D eigenvalue weighted by atomic mass is 15.0. The van der Waals surface area contributed by atoms with Crippen LogP contribution >= 0.6 is 0 Å². The van der Waals surface area contributed by atoms with Crippen molar-refractivity contribution < 1.29 is 0 Å². The van der Waals surface area contributed by atoms with Crippen molar-refractivity contribution in [2.24, 2.45) is 0 Å². The number of nitrogens with zero attached hydrogens (tertiary/aromatic N) is 3. The average molecular weight is 203 g/mol. The number of nitrogens with one attached hydrogen (secondary N) is 2. The molecule has 0 radical (unpaired) electrons. The number of imidazole rings is 1. The third-order valence-corrected chi connectivity index (χ3v) is 3.10.